The first kappa shape index (κ1) is 33.6. The molecule has 0 bridgehead atoms. The molecule has 0 aliphatic carbocycles. The molecular formula is C40H33N5O4S. The minimum Gasteiger partial charge on any atom is -0.321 e. The lowest BCUT2D eigenvalue weighted by Gasteiger charge is -2.17. The molecule has 1 aliphatic heterocycles. The van der Waals surface area contributed by atoms with E-state index in [2.05, 4.69) is 21.1 Å². The van der Waals surface area contributed by atoms with Gasteiger partial charge in [0.15, 0.2) is 0 Å². The lowest BCUT2D eigenvalue weighted by atomic mass is 10.1. The Bertz CT molecular complexity index is 2090. The number of thioether (sulfide) groups is 1. The van der Waals surface area contributed by atoms with Gasteiger partial charge in [-0.1, -0.05) is 103 Å². The smallest absolute Gasteiger partial charge is 0.272 e. The molecule has 3 N–H and O–H groups in total. The fraction of sp³-hybridized carbons (Fsp3) is 0.0750. The number of rotatable bonds is 10. The van der Waals surface area contributed by atoms with Crippen molar-refractivity contribution in [3.63, 3.8) is 0 Å². The number of carbonyl (C=O) groups excluding carboxylic acids is 4. The predicted octanol–water partition coefficient (Wildman–Crippen LogP) is 7.10. The van der Waals surface area contributed by atoms with Crippen LogP contribution in [0, 0.1) is 6.92 Å². The minimum atomic E-state index is -0.701. The first-order valence-electron chi connectivity index (χ1n) is 15.9. The molecule has 5 aromatic carbocycles. The third-order valence-corrected chi connectivity index (χ3v) is 8.86. The Morgan fingerprint density at radius 1 is 0.780 bits per heavy atom. The topological polar surface area (TPSA) is 120 Å². The molecule has 5 aromatic rings. The zero-order chi connectivity index (χ0) is 34.9. The summed E-state index contributed by atoms with van der Waals surface area (Å²) in [6.45, 7) is 1.95. The molecule has 0 radical (unpaired) electrons. The van der Waals surface area contributed by atoms with Crippen molar-refractivity contribution in [3.8, 4) is 0 Å². The second-order valence-corrected chi connectivity index (χ2v) is 12.6. The highest BCUT2D eigenvalue weighted by Gasteiger charge is 2.29. The fourth-order valence-corrected chi connectivity index (χ4v) is 6.31. The summed E-state index contributed by atoms with van der Waals surface area (Å²) in [5.41, 5.74) is 4.09. The summed E-state index contributed by atoms with van der Waals surface area (Å²) in [4.78, 5) is 53.9. The molecule has 1 heterocycles. The highest BCUT2D eigenvalue weighted by Crippen LogP contribution is 2.37. The van der Waals surface area contributed by atoms with Crippen LogP contribution in [-0.2, 0) is 14.4 Å². The normalized spacial score (nSPS) is 13.3. The molecule has 0 spiro atoms. The van der Waals surface area contributed by atoms with Crippen LogP contribution in [0.5, 0.6) is 0 Å². The summed E-state index contributed by atoms with van der Waals surface area (Å²) >= 11 is 1.29. The quantitative estimate of drug-likeness (QED) is 0.107. The van der Waals surface area contributed by atoms with Gasteiger partial charge in [-0.15, -0.1) is 11.8 Å². The van der Waals surface area contributed by atoms with Gasteiger partial charge < -0.3 is 16.0 Å². The van der Waals surface area contributed by atoms with Gasteiger partial charge in [-0.3, -0.25) is 19.2 Å². The number of benzene rings is 5. The molecule has 1 atom stereocenters. The van der Waals surface area contributed by atoms with E-state index < -0.39 is 17.1 Å². The Hall–Kier alpha value is -6.26. The number of nitrogens with zero attached hydrogens (tertiary/aromatic N) is 2. The molecule has 0 aromatic heterocycles. The molecule has 1 unspecified atom stereocenters. The third-order valence-electron chi connectivity index (χ3n) is 7.61. The Labute approximate surface area is 294 Å². The van der Waals surface area contributed by atoms with Crippen LogP contribution in [0.25, 0.3) is 6.08 Å². The summed E-state index contributed by atoms with van der Waals surface area (Å²) in [6, 6.07) is 41.7. The van der Waals surface area contributed by atoms with Crippen molar-refractivity contribution in [1.29, 1.82) is 0 Å². The first-order chi connectivity index (χ1) is 24.3. The van der Waals surface area contributed by atoms with Crippen LogP contribution in [0.2, 0.25) is 0 Å². The van der Waals surface area contributed by atoms with E-state index in [0.29, 0.717) is 21.8 Å². The van der Waals surface area contributed by atoms with Gasteiger partial charge in [0.25, 0.3) is 17.7 Å². The van der Waals surface area contributed by atoms with E-state index >= 15 is 0 Å². The average molecular weight is 680 g/mol. The molecule has 248 valence electrons. The number of aryl methyl sites for hydroxylation is 1. The molecule has 0 saturated carbocycles. The van der Waals surface area contributed by atoms with Gasteiger partial charge in [-0.25, -0.2) is 0 Å². The van der Waals surface area contributed by atoms with Gasteiger partial charge in [0.1, 0.15) is 16.8 Å². The van der Waals surface area contributed by atoms with Crippen molar-refractivity contribution in [2.24, 2.45) is 5.10 Å². The number of hydrogen-bond donors (Lipinski definition) is 3. The Morgan fingerprint density at radius 3 is 2.18 bits per heavy atom. The number of hydrogen-bond acceptors (Lipinski definition) is 6. The maximum atomic E-state index is 13.8. The molecule has 50 heavy (non-hydrogen) atoms. The molecule has 6 rings (SSSR count). The van der Waals surface area contributed by atoms with Gasteiger partial charge in [0, 0.05) is 16.1 Å². The van der Waals surface area contributed by atoms with Gasteiger partial charge in [0.05, 0.1) is 12.1 Å². The summed E-state index contributed by atoms with van der Waals surface area (Å²) < 4.78 is 0. The van der Waals surface area contributed by atoms with Crippen LogP contribution in [-0.4, -0.2) is 29.5 Å². The van der Waals surface area contributed by atoms with E-state index in [1.54, 1.807) is 60.7 Å². The standard InChI is InChI=1S/C40H33N5O4S/c1-27-13-11-14-28(23-27)24-34(42-38(47)30-17-7-3-8-18-30)39(48)41-31-19-12-22-33(25-31)50-37(29-15-5-2-6-16-29)40(49)43-35-26-36(46)45(44-35)32-20-9-4-10-21-32/h2-25,37H,26H2,1H3,(H,41,48)(H,42,47)(H,43,44,49)/b34-24+. The molecule has 10 heteroatoms. The van der Waals surface area contributed by atoms with E-state index in [1.165, 1.54) is 16.8 Å². The Balaban J connectivity index is 1.21. The van der Waals surface area contributed by atoms with Gasteiger partial charge >= 0.3 is 0 Å². The van der Waals surface area contributed by atoms with Crippen molar-refractivity contribution in [1.82, 2.24) is 10.6 Å². The van der Waals surface area contributed by atoms with Crippen LogP contribution < -0.4 is 21.0 Å². The zero-order valence-corrected chi connectivity index (χ0v) is 27.9. The van der Waals surface area contributed by atoms with Crippen molar-refractivity contribution in [2.45, 2.75) is 23.5 Å². The van der Waals surface area contributed by atoms with E-state index in [4.69, 9.17) is 0 Å². The monoisotopic (exact) mass is 679 g/mol. The lowest BCUT2D eigenvalue weighted by molar-refractivity contribution is -0.119. The molecule has 4 amide bonds. The fourth-order valence-electron chi connectivity index (χ4n) is 5.23. The SMILES string of the molecule is Cc1cccc(/C=C(/NC(=O)c2ccccc2)C(=O)Nc2cccc(SC(C(=O)NC3=NN(c4ccccc4)C(=O)C3)c3ccccc3)c2)c1. The van der Waals surface area contributed by atoms with E-state index in [9.17, 15) is 19.2 Å². The maximum absolute atomic E-state index is 13.8. The molecule has 0 fully saturated rings. The van der Waals surface area contributed by atoms with Crippen molar-refractivity contribution in [3.05, 3.63) is 167 Å². The lowest BCUT2D eigenvalue weighted by Crippen LogP contribution is -2.33. The number of carbonyl (C=O) groups is 4. The number of amides is 4. The number of anilines is 2. The van der Waals surface area contributed by atoms with Crippen LogP contribution in [0.4, 0.5) is 11.4 Å². The molecule has 1 aliphatic rings. The van der Waals surface area contributed by atoms with Crippen LogP contribution in [0.1, 0.15) is 38.7 Å². The number of hydrazone groups is 1. The number of amidine groups is 1. The van der Waals surface area contributed by atoms with Crippen LogP contribution in [0.15, 0.2) is 155 Å². The van der Waals surface area contributed by atoms with E-state index in [0.717, 1.165) is 16.7 Å². The van der Waals surface area contributed by atoms with Crippen molar-refractivity contribution < 1.29 is 19.2 Å². The first-order valence-corrected chi connectivity index (χ1v) is 16.7. The van der Waals surface area contributed by atoms with Gasteiger partial charge in [-0.2, -0.15) is 10.1 Å². The Morgan fingerprint density at radius 2 is 1.46 bits per heavy atom. The third kappa shape index (κ3) is 8.60. The highest BCUT2D eigenvalue weighted by atomic mass is 32.2. The van der Waals surface area contributed by atoms with E-state index in [-0.39, 0.29) is 29.8 Å². The minimum absolute atomic E-state index is 0.0342. The van der Waals surface area contributed by atoms with Crippen LogP contribution >= 0.6 is 11.8 Å². The van der Waals surface area contributed by atoms with Gasteiger partial charge in [0.2, 0.25) is 5.91 Å². The van der Waals surface area contributed by atoms with E-state index in [1.807, 2.05) is 91.9 Å². The molecular weight excluding hydrogens is 647 g/mol. The zero-order valence-electron chi connectivity index (χ0n) is 27.1. The predicted molar refractivity (Wildman–Crippen MR) is 197 cm³/mol. The van der Waals surface area contributed by atoms with Gasteiger partial charge in [-0.05, 0) is 66.6 Å². The summed E-state index contributed by atoms with van der Waals surface area (Å²) in [5.74, 6) is -1.25. The molecule has 9 nitrogen and oxygen atoms in total. The van der Waals surface area contributed by atoms with Crippen molar-refractivity contribution in [2.75, 3.05) is 10.3 Å². The second kappa shape index (κ2) is 15.8. The summed E-state index contributed by atoms with van der Waals surface area (Å²) in [6.07, 6.45) is 1.60. The Kier molecular flexibility index (Phi) is 10.6. The average Bonchev–Trinajstić information content (AvgIpc) is 3.50. The molecule has 0 saturated heterocycles. The highest BCUT2D eigenvalue weighted by molar-refractivity contribution is 8.00. The number of nitrogens with one attached hydrogen (secondary N) is 3. The summed E-state index contributed by atoms with van der Waals surface area (Å²) in [7, 11) is 0. The second-order valence-electron chi connectivity index (χ2n) is 11.4. The summed E-state index contributed by atoms with van der Waals surface area (Å²) in [5, 5.41) is 13.5. The van der Waals surface area contributed by atoms with Crippen molar-refractivity contribution >= 4 is 58.7 Å². The maximum Gasteiger partial charge on any atom is 0.272 e. The largest absolute Gasteiger partial charge is 0.321 e. The van der Waals surface area contributed by atoms with Crippen LogP contribution in [0.3, 0.4) is 0 Å². The number of para-hydroxylation sites is 1.